The molecular formula is C23H18O. The van der Waals surface area contributed by atoms with Gasteiger partial charge in [-0.3, -0.25) is 4.79 Å². The van der Waals surface area contributed by atoms with Crippen molar-refractivity contribution < 1.29 is 4.79 Å². The Morgan fingerprint density at radius 2 is 1.08 bits per heavy atom. The summed E-state index contributed by atoms with van der Waals surface area (Å²) in [5, 5.41) is 0. The fourth-order valence-corrected chi connectivity index (χ4v) is 2.42. The van der Waals surface area contributed by atoms with E-state index in [-0.39, 0.29) is 5.78 Å². The number of carbonyl (C=O) groups is 1. The standard InChI is InChI=1S/C23H18O/c1-17-3-5-19(6-4-17)7-8-20-9-11-22(12-10-20)23-15-13-21(14-16-23)18(2)24/h3-6,9-16H,1-2H3. The van der Waals surface area contributed by atoms with Crippen molar-refractivity contribution in [2.24, 2.45) is 0 Å². The van der Waals surface area contributed by atoms with E-state index < -0.39 is 0 Å². The van der Waals surface area contributed by atoms with Crippen LogP contribution in [-0.2, 0) is 0 Å². The molecule has 3 aromatic rings. The SMILES string of the molecule is CC(=O)c1ccc(-c2ccc(C#Cc3ccc(C)cc3)cc2)cc1. The number of ketones is 1. The van der Waals surface area contributed by atoms with Crippen LogP contribution in [-0.4, -0.2) is 5.78 Å². The predicted octanol–water partition coefficient (Wildman–Crippen LogP) is 5.26. The predicted molar refractivity (Wildman–Crippen MR) is 99.0 cm³/mol. The van der Waals surface area contributed by atoms with E-state index in [0.717, 1.165) is 27.8 Å². The van der Waals surface area contributed by atoms with Crippen molar-refractivity contribution >= 4 is 5.78 Å². The highest BCUT2D eigenvalue weighted by Gasteiger charge is 2.01. The smallest absolute Gasteiger partial charge is 0.159 e. The largest absolute Gasteiger partial charge is 0.295 e. The van der Waals surface area contributed by atoms with Gasteiger partial charge in [0.15, 0.2) is 5.78 Å². The number of aryl methyl sites for hydroxylation is 1. The highest BCUT2D eigenvalue weighted by atomic mass is 16.1. The maximum absolute atomic E-state index is 11.3. The molecule has 0 fully saturated rings. The van der Waals surface area contributed by atoms with E-state index in [0.29, 0.717) is 0 Å². The van der Waals surface area contributed by atoms with E-state index in [9.17, 15) is 4.79 Å². The Balaban J connectivity index is 1.78. The van der Waals surface area contributed by atoms with Gasteiger partial charge in [0.2, 0.25) is 0 Å². The molecule has 1 nitrogen and oxygen atoms in total. The van der Waals surface area contributed by atoms with Crippen LogP contribution in [0.3, 0.4) is 0 Å². The molecule has 0 aliphatic carbocycles. The van der Waals surface area contributed by atoms with Crippen molar-refractivity contribution in [2.45, 2.75) is 13.8 Å². The van der Waals surface area contributed by atoms with Gasteiger partial charge in [-0.2, -0.15) is 0 Å². The van der Waals surface area contributed by atoms with E-state index in [1.807, 2.05) is 48.5 Å². The van der Waals surface area contributed by atoms with Gasteiger partial charge in [-0.25, -0.2) is 0 Å². The molecule has 0 unspecified atom stereocenters. The second-order valence-electron chi connectivity index (χ2n) is 5.83. The Hall–Kier alpha value is -3.11. The highest BCUT2D eigenvalue weighted by Crippen LogP contribution is 2.20. The highest BCUT2D eigenvalue weighted by molar-refractivity contribution is 5.94. The van der Waals surface area contributed by atoms with Gasteiger partial charge in [-0.15, -0.1) is 0 Å². The van der Waals surface area contributed by atoms with Crippen LogP contribution in [0.4, 0.5) is 0 Å². The minimum atomic E-state index is 0.0864. The Morgan fingerprint density at radius 1 is 0.667 bits per heavy atom. The summed E-state index contributed by atoms with van der Waals surface area (Å²) in [4.78, 5) is 11.3. The van der Waals surface area contributed by atoms with Crippen molar-refractivity contribution in [3.8, 4) is 23.0 Å². The minimum Gasteiger partial charge on any atom is -0.295 e. The second kappa shape index (κ2) is 6.98. The summed E-state index contributed by atoms with van der Waals surface area (Å²) in [6.45, 7) is 3.65. The summed E-state index contributed by atoms with van der Waals surface area (Å²) in [5.41, 5.74) is 6.19. The molecule has 0 spiro atoms. The van der Waals surface area contributed by atoms with E-state index in [4.69, 9.17) is 0 Å². The molecule has 0 atom stereocenters. The number of hydrogen-bond donors (Lipinski definition) is 0. The number of Topliss-reactive ketones (excluding diaryl/α,β-unsaturated/α-hetero) is 1. The van der Waals surface area contributed by atoms with E-state index >= 15 is 0 Å². The topological polar surface area (TPSA) is 17.1 Å². The summed E-state index contributed by atoms with van der Waals surface area (Å²) in [7, 11) is 0. The van der Waals surface area contributed by atoms with Crippen LogP contribution in [0, 0.1) is 18.8 Å². The van der Waals surface area contributed by atoms with Gasteiger partial charge in [0.05, 0.1) is 0 Å². The van der Waals surface area contributed by atoms with Gasteiger partial charge in [0.25, 0.3) is 0 Å². The third-order valence-corrected chi connectivity index (χ3v) is 3.91. The molecule has 1 heteroatoms. The van der Waals surface area contributed by atoms with Crippen LogP contribution in [0.5, 0.6) is 0 Å². The lowest BCUT2D eigenvalue weighted by atomic mass is 10.0. The summed E-state index contributed by atoms with van der Waals surface area (Å²) in [6.07, 6.45) is 0. The molecule has 0 saturated carbocycles. The zero-order valence-corrected chi connectivity index (χ0v) is 13.8. The average Bonchev–Trinajstić information content (AvgIpc) is 2.62. The number of benzene rings is 3. The first-order valence-corrected chi connectivity index (χ1v) is 7.92. The summed E-state index contributed by atoms with van der Waals surface area (Å²) in [5.74, 6) is 6.45. The molecule has 0 aliphatic heterocycles. The molecule has 0 bridgehead atoms. The van der Waals surface area contributed by atoms with Crippen molar-refractivity contribution in [1.29, 1.82) is 0 Å². The van der Waals surface area contributed by atoms with Crippen molar-refractivity contribution in [3.05, 3.63) is 95.1 Å². The molecule has 24 heavy (non-hydrogen) atoms. The van der Waals surface area contributed by atoms with Gasteiger partial charge in [-0.1, -0.05) is 65.9 Å². The van der Waals surface area contributed by atoms with Crippen molar-refractivity contribution in [2.75, 3.05) is 0 Å². The van der Waals surface area contributed by atoms with Crippen LogP contribution in [0.2, 0.25) is 0 Å². The minimum absolute atomic E-state index is 0.0864. The molecule has 3 rings (SSSR count). The van der Waals surface area contributed by atoms with Gasteiger partial charge < -0.3 is 0 Å². The van der Waals surface area contributed by atoms with E-state index in [2.05, 4.69) is 43.0 Å². The Morgan fingerprint density at radius 3 is 1.54 bits per heavy atom. The zero-order valence-electron chi connectivity index (χ0n) is 13.8. The molecule has 0 aliphatic rings. The zero-order chi connectivity index (χ0) is 16.9. The Bertz CT molecular complexity index is 903. The molecule has 0 aromatic heterocycles. The van der Waals surface area contributed by atoms with E-state index in [1.165, 1.54) is 5.56 Å². The van der Waals surface area contributed by atoms with Crippen LogP contribution in [0.1, 0.15) is 34.0 Å². The molecule has 116 valence electrons. The summed E-state index contributed by atoms with van der Waals surface area (Å²) >= 11 is 0. The van der Waals surface area contributed by atoms with Crippen molar-refractivity contribution in [1.82, 2.24) is 0 Å². The first-order chi connectivity index (χ1) is 11.6. The van der Waals surface area contributed by atoms with Crippen LogP contribution in [0.25, 0.3) is 11.1 Å². The van der Waals surface area contributed by atoms with Gasteiger partial charge in [0, 0.05) is 16.7 Å². The lowest BCUT2D eigenvalue weighted by molar-refractivity contribution is 0.101. The Labute approximate surface area is 143 Å². The van der Waals surface area contributed by atoms with Crippen LogP contribution >= 0.6 is 0 Å². The first kappa shape index (κ1) is 15.8. The third kappa shape index (κ3) is 3.80. The van der Waals surface area contributed by atoms with Crippen LogP contribution < -0.4 is 0 Å². The Kier molecular flexibility index (Phi) is 4.59. The van der Waals surface area contributed by atoms with Crippen molar-refractivity contribution in [3.63, 3.8) is 0 Å². The monoisotopic (exact) mass is 310 g/mol. The maximum atomic E-state index is 11.3. The number of hydrogen-bond acceptors (Lipinski definition) is 1. The van der Waals surface area contributed by atoms with Gasteiger partial charge >= 0.3 is 0 Å². The average molecular weight is 310 g/mol. The van der Waals surface area contributed by atoms with Crippen LogP contribution in [0.15, 0.2) is 72.8 Å². The molecule has 0 radical (unpaired) electrons. The number of rotatable bonds is 2. The fraction of sp³-hybridized carbons (Fsp3) is 0.0870. The molecule has 0 N–H and O–H groups in total. The lowest BCUT2D eigenvalue weighted by Gasteiger charge is -2.03. The third-order valence-electron chi connectivity index (χ3n) is 3.91. The molecule has 3 aromatic carbocycles. The number of carbonyl (C=O) groups excluding carboxylic acids is 1. The first-order valence-electron chi connectivity index (χ1n) is 7.92. The fourth-order valence-electron chi connectivity index (χ4n) is 2.42. The summed E-state index contributed by atoms with van der Waals surface area (Å²) in [6, 6.07) is 24.0. The normalized spacial score (nSPS) is 9.92. The quantitative estimate of drug-likeness (QED) is 0.466. The second-order valence-corrected chi connectivity index (χ2v) is 5.83. The molecular weight excluding hydrogens is 292 g/mol. The summed E-state index contributed by atoms with van der Waals surface area (Å²) < 4.78 is 0. The molecule has 0 heterocycles. The van der Waals surface area contributed by atoms with Gasteiger partial charge in [0.1, 0.15) is 0 Å². The van der Waals surface area contributed by atoms with Gasteiger partial charge in [-0.05, 0) is 49.2 Å². The maximum Gasteiger partial charge on any atom is 0.159 e. The van der Waals surface area contributed by atoms with E-state index in [1.54, 1.807) is 6.92 Å². The molecule has 0 saturated heterocycles. The molecule has 0 amide bonds. The lowest BCUT2D eigenvalue weighted by Crippen LogP contribution is -1.90.